The summed E-state index contributed by atoms with van der Waals surface area (Å²) in [6, 6.07) is 9.70. The van der Waals surface area contributed by atoms with Gasteiger partial charge in [-0.05, 0) is 37.4 Å². The van der Waals surface area contributed by atoms with Gasteiger partial charge in [-0.15, -0.1) is 0 Å². The minimum Gasteiger partial charge on any atom is -0.446 e. The van der Waals surface area contributed by atoms with Crippen LogP contribution in [0.25, 0.3) is 16.8 Å². The molecule has 1 aliphatic heterocycles. The number of furan rings is 1. The zero-order valence-electron chi connectivity index (χ0n) is 13.0. The van der Waals surface area contributed by atoms with Crippen molar-refractivity contribution in [3.05, 3.63) is 53.3 Å². The molecule has 0 saturated carbocycles. The highest BCUT2D eigenvalue weighted by atomic mass is 16.3. The van der Waals surface area contributed by atoms with Gasteiger partial charge in [0.15, 0.2) is 0 Å². The molecule has 0 aliphatic carbocycles. The van der Waals surface area contributed by atoms with Gasteiger partial charge in [-0.25, -0.2) is 4.98 Å². The van der Waals surface area contributed by atoms with Gasteiger partial charge in [0.25, 0.3) is 5.56 Å². The van der Waals surface area contributed by atoms with Gasteiger partial charge in [0.2, 0.25) is 5.71 Å². The lowest BCUT2D eigenvalue weighted by molar-refractivity contribution is 0.313. The first-order valence-corrected chi connectivity index (χ1v) is 7.71. The van der Waals surface area contributed by atoms with Crippen LogP contribution in [-0.4, -0.2) is 47.7 Å². The summed E-state index contributed by atoms with van der Waals surface area (Å²) in [6.07, 6.45) is 3.00. The summed E-state index contributed by atoms with van der Waals surface area (Å²) in [5, 5.41) is 0.496. The molecule has 23 heavy (non-hydrogen) atoms. The summed E-state index contributed by atoms with van der Waals surface area (Å²) in [5.41, 5.74) is 2.26. The van der Waals surface area contributed by atoms with Crippen LogP contribution >= 0.6 is 0 Å². The predicted molar refractivity (Wildman–Crippen MR) is 89.3 cm³/mol. The first-order chi connectivity index (χ1) is 11.2. The van der Waals surface area contributed by atoms with Crippen LogP contribution in [0.2, 0.25) is 0 Å². The maximum absolute atomic E-state index is 12.5. The fraction of sp³-hybridized carbons (Fsp3) is 0.294. The standard InChI is InChI=1S/C17H18N4O2/c1-19-7-9-20(10-8-19)13-2-4-14(5-3-13)21-12-18-16-15(17(21)22)6-11-23-16/h2-6,11-12H,7-10H2,1H3. The molecule has 1 aliphatic rings. The Kier molecular flexibility index (Phi) is 3.38. The highest BCUT2D eigenvalue weighted by Gasteiger charge is 2.14. The lowest BCUT2D eigenvalue weighted by Crippen LogP contribution is -2.44. The molecule has 4 rings (SSSR count). The summed E-state index contributed by atoms with van der Waals surface area (Å²) in [7, 11) is 2.14. The number of aromatic nitrogens is 2. The number of piperazine rings is 1. The van der Waals surface area contributed by atoms with Crippen LogP contribution in [0, 0.1) is 0 Å². The van der Waals surface area contributed by atoms with E-state index in [0.717, 1.165) is 31.9 Å². The molecule has 0 spiro atoms. The molecule has 0 radical (unpaired) electrons. The molecule has 1 aromatic carbocycles. The maximum atomic E-state index is 12.5. The van der Waals surface area contributed by atoms with Crippen molar-refractivity contribution in [3.63, 3.8) is 0 Å². The number of hydrogen-bond donors (Lipinski definition) is 0. The highest BCUT2D eigenvalue weighted by molar-refractivity contribution is 5.71. The van der Waals surface area contributed by atoms with Crippen LogP contribution in [-0.2, 0) is 0 Å². The lowest BCUT2D eigenvalue weighted by Gasteiger charge is -2.34. The van der Waals surface area contributed by atoms with Gasteiger partial charge in [0.05, 0.1) is 12.0 Å². The molecule has 0 amide bonds. The molecule has 0 N–H and O–H groups in total. The van der Waals surface area contributed by atoms with E-state index in [1.807, 2.05) is 12.1 Å². The second-order valence-electron chi connectivity index (χ2n) is 5.87. The topological polar surface area (TPSA) is 54.5 Å². The van der Waals surface area contributed by atoms with Crippen molar-refractivity contribution in [2.75, 3.05) is 38.1 Å². The van der Waals surface area contributed by atoms with Gasteiger partial charge in [0.1, 0.15) is 11.7 Å². The smallest absolute Gasteiger partial charge is 0.269 e. The fourth-order valence-corrected chi connectivity index (χ4v) is 2.93. The first-order valence-electron chi connectivity index (χ1n) is 7.71. The molecule has 0 unspecified atom stereocenters. The van der Waals surface area contributed by atoms with Gasteiger partial charge in [0, 0.05) is 31.9 Å². The Morgan fingerprint density at radius 3 is 2.43 bits per heavy atom. The average Bonchev–Trinajstić information content (AvgIpc) is 3.06. The molecule has 6 nitrogen and oxygen atoms in total. The number of nitrogens with zero attached hydrogens (tertiary/aromatic N) is 4. The van der Waals surface area contributed by atoms with Crippen LogP contribution in [0.5, 0.6) is 0 Å². The Balaban J connectivity index is 1.64. The molecule has 1 fully saturated rings. The van der Waals surface area contributed by atoms with Gasteiger partial charge < -0.3 is 14.2 Å². The van der Waals surface area contributed by atoms with Gasteiger partial charge >= 0.3 is 0 Å². The quantitative estimate of drug-likeness (QED) is 0.721. The minimum atomic E-state index is -0.115. The summed E-state index contributed by atoms with van der Waals surface area (Å²) >= 11 is 0. The summed E-state index contributed by atoms with van der Waals surface area (Å²) in [4.78, 5) is 21.3. The van der Waals surface area contributed by atoms with E-state index in [1.54, 1.807) is 10.6 Å². The molecule has 3 heterocycles. The second kappa shape index (κ2) is 5.55. The summed E-state index contributed by atoms with van der Waals surface area (Å²) < 4.78 is 6.71. The highest BCUT2D eigenvalue weighted by Crippen LogP contribution is 2.18. The van der Waals surface area contributed by atoms with E-state index in [-0.39, 0.29) is 5.56 Å². The number of likely N-dealkylation sites (N-methyl/N-ethyl adjacent to an activating group) is 1. The largest absolute Gasteiger partial charge is 0.446 e. The summed E-state index contributed by atoms with van der Waals surface area (Å²) in [6.45, 7) is 4.20. The average molecular weight is 310 g/mol. The predicted octanol–water partition coefficient (Wildman–Crippen LogP) is 1.73. The molecule has 118 valence electrons. The molecular formula is C17H18N4O2. The fourth-order valence-electron chi connectivity index (χ4n) is 2.93. The zero-order chi connectivity index (χ0) is 15.8. The van der Waals surface area contributed by atoms with Crippen molar-refractivity contribution >= 4 is 16.8 Å². The Bertz CT molecular complexity index is 873. The Labute approximate surface area is 133 Å². The Morgan fingerprint density at radius 2 is 1.70 bits per heavy atom. The van der Waals surface area contributed by atoms with E-state index >= 15 is 0 Å². The number of anilines is 1. The van der Waals surface area contributed by atoms with Crippen molar-refractivity contribution in [3.8, 4) is 5.69 Å². The first kappa shape index (κ1) is 14.0. The van der Waals surface area contributed by atoms with Crippen LogP contribution in [0.15, 0.2) is 52.1 Å². The van der Waals surface area contributed by atoms with Gasteiger partial charge in [-0.2, -0.15) is 0 Å². The third-order valence-corrected chi connectivity index (χ3v) is 4.38. The number of rotatable bonds is 2. The van der Waals surface area contributed by atoms with E-state index in [2.05, 4.69) is 34.0 Å². The van der Waals surface area contributed by atoms with Gasteiger partial charge in [-0.1, -0.05) is 0 Å². The van der Waals surface area contributed by atoms with Gasteiger partial charge in [-0.3, -0.25) is 9.36 Å². The molecule has 3 aromatic rings. The molecule has 6 heteroatoms. The van der Waals surface area contributed by atoms with Crippen LogP contribution in [0.3, 0.4) is 0 Å². The van der Waals surface area contributed by atoms with Crippen LogP contribution in [0.4, 0.5) is 5.69 Å². The van der Waals surface area contributed by atoms with E-state index in [1.165, 1.54) is 18.3 Å². The van der Waals surface area contributed by atoms with E-state index in [4.69, 9.17) is 4.42 Å². The van der Waals surface area contributed by atoms with Crippen LogP contribution < -0.4 is 10.5 Å². The van der Waals surface area contributed by atoms with E-state index in [9.17, 15) is 4.79 Å². The number of fused-ring (bicyclic) bond motifs is 1. The van der Waals surface area contributed by atoms with Crippen LogP contribution in [0.1, 0.15) is 0 Å². The van der Waals surface area contributed by atoms with E-state index < -0.39 is 0 Å². The lowest BCUT2D eigenvalue weighted by atomic mass is 10.2. The second-order valence-corrected chi connectivity index (χ2v) is 5.87. The molecule has 0 atom stereocenters. The summed E-state index contributed by atoms with van der Waals surface area (Å²) in [5.74, 6) is 0. The normalized spacial score (nSPS) is 16.1. The van der Waals surface area contributed by atoms with E-state index in [0.29, 0.717) is 11.1 Å². The third-order valence-electron chi connectivity index (χ3n) is 4.38. The third kappa shape index (κ3) is 2.51. The number of benzene rings is 1. The van der Waals surface area contributed by atoms with Crippen molar-refractivity contribution in [1.82, 2.24) is 14.5 Å². The number of hydrogen-bond acceptors (Lipinski definition) is 5. The van der Waals surface area contributed by atoms with Crippen molar-refractivity contribution in [1.29, 1.82) is 0 Å². The van der Waals surface area contributed by atoms with Crippen molar-refractivity contribution in [2.24, 2.45) is 0 Å². The zero-order valence-corrected chi connectivity index (χ0v) is 13.0. The molecular weight excluding hydrogens is 292 g/mol. The molecule has 0 bridgehead atoms. The molecule has 2 aromatic heterocycles. The molecule has 1 saturated heterocycles. The van der Waals surface area contributed by atoms with Crippen molar-refractivity contribution < 1.29 is 4.42 Å². The minimum absolute atomic E-state index is 0.115. The monoisotopic (exact) mass is 310 g/mol. The Morgan fingerprint density at radius 1 is 1.00 bits per heavy atom. The van der Waals surface area contributed by atoms with Crippen molar-refractivity contribution in [2.45, 2.75) is 0 Å². The maximum Gasteiger partial charge on any atom is 0.269 e. The SMILES string of the molecule is CN1CCN(c2ccc(-n3cnc4occc4c3=O)cc2)CC1. The Hall–Kier alpha value is -2.60.